The highest BCUT2D eigenvalue weighted by atomic mass is 79.9. The van der Waals surface area contributed by atoms with Crippen molar-refractivity contribution >= 4 is 27.7 Å². The molecule has 6 nitrogen and oxygen atoms in total. The van der Waals surface area contributed by atoms with Gasteiger partial charge in [0.25, 0.3) is 5.91 Å². The number of benzene rings is 1. The fraction of sp³-hybridized carbons (Fsp3) is 0.429. The predicted octanol–water partition coefficient (Wildman–Crippen LogP) is 2.20. The lowest BCUT2D eigenvalue weighted by Gasteiger charge is -2.23. The van der Waals surface area contributed by atoms with Gasteiger partial charge in [-0.2, -0.15) is 0 Å². The second-order valence-electron chi connectivity index (χ2n) is 4.92. The van der Waals surface area contributed by atoms with Gasteiger partial charge in [0, 0.05) is 23.5 Å². The molecule has 1 aliphatic rings. The van der Waals surface area contributed by atoms with Crippen molar-refractivity contribution in [3.63, 3.8) is 0 Å². The molecule has 1 fully saturated rings. The van der Waals surface area contributed by atoms with Crippen molar-refractivity contribution in [2.24, 2.45) is 10.9 Å². The normalized spacial score (nSPS) is 14.9. The second-order valence-corrected chi connectivity index (χ2v) is 5.83. The lowest BCUT2D eigenvalue weighted by molar-refractivity contribution is 0.0744. The monoisotopic (exact) mass is 355 g/mol. The van der Waals surface area contributed by atoms with E-state index in [1.807, 2.05) is 6.07 Å². The van der Waals surface area contributed by atoms with Gasteiger partial charge in [0.1, 0.15) is 11.6 Å². The van der Waals surface area contributed by atoms with Crippen LogP contribution in [-0.4, -0.2) is 41.5 Å². The highest BCUT2D eigenvalue weighted by Crippen LogP contribution is 2.31. The van der Waals surface area contributed by atoms with Gasteiger partial charge in [0.2, 0.25) is 0 Å². The molecule has 21 heavy (non-hydrogen) atoms. The summed E-state index contributed by atoms with van der Waals surface area (Å²) in [5.41, 5.74) is 6.01. The smallest absolute Gasteiger partial charge is 0.257 e. The number of rotatable bonds is 6. The van der Waals surface area contributed by atoms with Crippen LogP contribution in [0.3, 0.4) is 0 Å². The number of amidine groups is 1. The molecule has 0 saturated heterocycles. The first-order valence-corrected chi connectivity index (χ1v) is 7.47. The van der Waals surface area contributed by atoms with Crippen LogP contribution >= 0.6 is 15.9 Å². The highest BCUT2D eigenvalue weighted by Gasteiger charge is 2.33. The quantitative estimate of drug-likeness (QED) is 0.354. The standard InChI is InChI=1S/C14H18BrN3O3/c1-21-12-8-9(15)2-5-11(12)14(19)18(10-3-4-10)7-6-13(16)17-20/h2,5,8,10,20H,3-4,6-7H2,1H3,(H2,16,17). The summed E-state index contributed by atoms with van der Waals surface area (Å²) >= 11 is 3.36. The van der Waals surface area contributed by atoms with Crippen LogP contribution < -0.4 is 10.5 Å². The lowest BCUT2D eigenvalue weighted by atomic mass is 10.1. The van der Waals surface area contributed by atoms with E-state index in [0.717, 1.165) is 17.3 Å². The summed E-state index contributed by atoms with van der Waals surface area (Å²) < 4.78 is 6.13. The lowest BCUT2D eigenvalue weighted by Crippen LogP contribution is -2.36. The van der Waals surface area contributed by atoms with E-state index < -0.39 is 0 Å². The van der Waals surface area contributed by atoms with Crippen molar-refractivity contribution < 1.29 is 14.7 Å². The molecule has 0 aliphatic heterocycles. The number of hydrogen-bond acceptors (Lipinski definition) is 4. The van der Waals surface area contributed by atoms with Crippen molar-refractivity contribution in [3.05, 3.63) is 28.2 Å². The largest absolute Gasteiger partial charge is 0.496 e. The molecule has 1 aromatic rings. The van der Waals surface area contributed by atoms with E-state index in [2.05, 4.69) is 21.1 Å². The first kappa shape index (κ1) is 15.6. The summed E-state index contributed by atoms with van der Waals surface area (Å²) in [6.07, 6.45) is 2.32. The minimum absolute atomic E-state index is 0.0902. The summed E-state index contributed by atoms with van der Waals surface area (Å²) in [6.45, 7) is 0.429. The Morgan fingerprint density at radius 1 is 1.57 bits per heavy atom. The van der Waals surface area contributed by atoms with Crippen molar-refractivity contribution in [1.29, 1.82) is 0 Å². The van der Waals surface area contributed by atoms with Gasteiger partial charge in [-0.05, 0) is 31.0 Å². The predicted molar refractivity (Wildman–Crippen MR) is 82.8 cm³/mol. The summed E-state index contributed by atoms with van der Waals surface area (Å²) in [4.78, 5) is 14.5. The number of hydrogen-bond donors (Lipinski definition) is 2. The van der Waals surface area contributed by atoms with Crippen LogP contribution in [0.5, 0.6) is 5.75 Å². The average Bonchev–Trinajstić information content (AvgIpc) is 3.31. The zero-order chi connectivity index (χ0) is 15.4. The highest BCUT2D eigenvalue weighted by molar-refractivity contribution is 9.10. The van der Waals surface area contributed by atoms with E-state index in [0.29, 0.717) is 24.3 Å². The Morgan fingerprint density at radius 2 is 2.29 bits per heavy atom. The number of nitrogens with two attached hydrogens (primary N) is 1. The Bertz CT molecular complexity index is 558. The topological polar surface area (TPSA) is 88.2 Å². The molecular weight excluding hydrogens is 338 g/mol. The molecule has 0 bridgehead atoms. The SMILES string of the molecule is COc1cc(Br)ccc1C(=O)N(CC/C(N)=N/O)C1CC1. The molecule has 0 spiro atoms. The molecule has 1 saturated carbocycles. The van der Waals surface area contributed by atoms with Gasteiger partial charge in [-0.25, -0.2) is 0 Å². The summed E-state index contributed by atoms with van der Waals surface area (Å²) in [7, 11) is 1.54. The van der Waals surface area contributed by atoms with Crippen LogP contribution in [0.4, 0.5) is 0 Å². The first-order chi connectivity index (χ1) is 10.1. The first-order valence-electron chi connectivity index (χ1n) is 6.67. The molecule has 3 N–H and O–H groups in total. The number of methoxy groups -OCH3 is 1. The molecule has 1 aromatic carbocycles. The fourth-order valence-electron chi connectivity index (χ4n) is 2.12. The van der Waals surface area contributed by atoms with Gasteiger partial charge in [0.15, 0.2) is 0 Å². The number of oxime groups is 1. The van der Waals surface area contributed by atoms with Crippen LogP contribution in [0, 0.1) is 0 Å². The van der Waals surface area contributed by atoms with E-state index in [9.17, 15) is 4.79 Å². The molecular formula is C14H18BrN3O3. The van der Waals surface area contributed by atoms with Crippen LogP contribution in [0.15, 0.2) is 27.8 Å². The number of halogens is 1. The van der Waals surface area contributed by atoms with E-state index in [4.69, 9.17) is 15.7 Å². The summed E-state index contributed by atoms with van der Waals surface area (Å²) in [6, 6.07) is 5.55. The zero-order valence-electron chi connectivity index (χ0n) is 11.8. The maximum Gasteiger partial charge on any atom is 0.257 e. The second kappa shape index (κ2) is 6.80. The minimum Gasteiger partial charge on any atom is -0.496 e. The average molecular weight is 356 g/mol. The van der Waals surface area contributed by atoms with Gasteiger partial charge < -0.3 is 20.6 Å². The Balaban J connectivity index is 2.18. The maximum atomic E-state index is 12.7. The number of nitrogens with zero attached hydrogens (tertiary/aromatic N) is 2. The zero-order valence-corrected chi connectivity index (χ0v) is 13.3. The molecule has 1 amide bonds. The molecule has 114 valence electrons. The van der Waals surface area contributed by atoms with Crippen LogP contribution in [-0.2, 0) is 0 Å². The van der Waals surface area contributed by atoms with E-state index in [1.54, 1.807) is 17.0 Å². The van der Waals surface area contributed by atoms with Gasteiger partial charge in [-0.3, -0.25) is 4.79 Å². The van der Waals surface area contributed by atoms with Crippen LogP contribution in [0.1, 0.15) is 29.6 Å². The summed E-state index contributed by atoms with van der Waals surface area (Å²) in [5, 5.41) is 11.5. The number of amides is 1. The Kier molecular flexibility index (Phi) is 5.06. The van der Waals surface area contributed by atoms with Gasteiger partial charge >= 0.3 is 0 Å². The van der Waals surface area contributed by atoms with E-state index in [1.165, 1.54) is 7.11 Å². The molecule has 0 heterocycles. The molecule has 1 aliphatic carbocycles. The third-order valence-corrected chi connectivity index (χ3v) is 3.87. The van der Waals surface area contributed by atoms with Crippen LogP contribution in [0.25, 0.3) is 0 Å². The number of carbonyl (C=O) groups is 1. The minimum atomic E-state index is -0.0902. The Hall–Kier alpha value is -1.76. The van der Waals surface area contributed by atoms with Crippen LogP contribution in [0.2, 0.25) is 0 Å². The molecule has 0 aromatic heterocycles. The van der Waals surface area contributed by atoms with E-state index in [-0.39, 0.29) is 17.8 Å². The van der Waals surface area contributed by atoms with Crippen molar-refractivity contribution in [3.8, 4) is 5.75 Å². The van der Waals surface area contributed by atoms with Gasteiger partial charge in [-0.15, -0.1) is 0 Å². The Morgan fingerprint density at radius 3 is 2.86 bits per heavy atom. The number of ether oxygens (including phenoxy) is 1. The van der Waals surface area contributed by atoms with E-state index >= 15 is 0 Å². The molecule has 0 atom stereocenters. The van der Waals surface area contributed by atoms with Gasteiger partial charge in [0.05, 0.1) is 12.7 Å². The maximum absolute atomic E-state index is 12.7. The molecule has 2 rings (SSSR count). The number of carbonyl (C=O) groups excluding carboxylic acids is 1. The van der Waals surface area contributed by atoms with Crippen molar-refractivity contribution in [1.82, 2.24) is 4.90 Å². The third kappa shape index (κ3) is 3.87. The molecule has 7 heteroatoms. The van der Waals surface area contributed by atoms with Gasteiger partial charge in [-0.1, -0.05) is 21.1 Å². The van der Waals surface area contributed by atoms with Crippen molar-refractivity contribution in [2.75, 3.05) is 13.7 Å². The third-order valence-electron chi connectivity index (χ3n) is 3.38. The fourth-order valence-corrected chi connectivity index (χ4v) is 2.46. The molecule has 0 unspecified atom stereocenters. The summed E-state index contributed by atoms with van der Waals surface area (Å²) in [5.74, 6) is 0.563. The van der Waals surface area contributed by atoms with Crippen molar-refractivity contribution in [2.45, 2.75) is 25.3 Å². The Labute approximate surface area is 131 Å². The molecule has 0 radical (unpaired) electrons.